The first kappa shape index (κ1) is 23.3. The molecule has 0 aliphatic carbocycles. The molecule has 0 saturated carbocycles. The average molecular weight is 436 g/mol. The van der Waals surface area contributed by atoms with Gasteiger partial charge in [0.25, 0.3) is 5.91 Å². The minimum Gasteiger partial charge on any atom is -0.434 e. The van der Waals surface area contributed by atoms with Gasteiger partial charge in [0.1, 0.15) is 5.75 Å². The summed E-state index contributed by atoms with van der Waals surface area (Å²) in [6.07, 6.45) is -0.811. The van der Waals surface area contributed by atoms with Gasteiger partial charge in [-0.1, -0.05) is 12.1 Å². The molecule has 2 aromatic rings. The van der Waals surface area contributed by atoms with E-state index in [9.17, 15) is 18.0 Å². The molecule has 0 radical (unpaired) electrons. The number of ether oxygens (including phenoxy) is 3. The van der Waals surface area contributed by atoms with Gasteiger partial charge in [-0.15, -0.1) is 0 Å². The molecule has 9 nitrogen and oxygen atoms in total. The van der Waals surface area contributed by atoms with Crippen molar-refractivity contribution >= 4 is 22.1 Å². The fraction of sp³-hybridized carbons (Fsp3) is 0.300. The Kier molecular flexibility index (Phi) is 8.78. The zero-order chi connectivity index (χ0) is 22.0. The quantitative estimate of drug-likeness (QED) is 0.332. The van der Waals surface area contributed by atoms with Gasteiger partial charge >= 0.3 is 6.16 Å². The van der Waals surface area contributed by atoms with Crippen LogP contribution in [0.2, 0.25) is 0 Å². The van der Waals surface area contributed by atoms with Crippen molar-refractivity contribution in [3.05, 3.63) is 59.7 Å². The molecule has 0 fully saturated rings. The summed E-state index contributed by atoms with van der Waals surface area (Å²) in [6.45, 7) is 2.55. The molecular formula is C20H24N2O7S. The van der Waals surface area contributed by atoms with Gasteiger partial charge in [0, 0.05) is 25.8 Å². The van der Waals surface area contributed by atoms with Gasteiger partial charge in [-0.2, -0.15) is 0 Å². The highest BCUT2D eigenvalue weighted by atomic mass is 32.2. The molecule has 1 amide bonds. The Hall–Kier alpha value is -2.95. The number of amides is 1. The first-order valence-electron chi connectivity index (χ1n) is 9.16. The zero-order valence-corrected chi connectivity index (χ0v) is 17.5. The second kappa shape index (κ2) is 11.3. The Morgan fingerprint density at radius 1 is 1.00 bits per heavy atom. The number of sulfonamides is 1. The monoisotopic (exact) mass is 436 g/mol. The predicted octanol–water partition coefficient (Wildman–Crippen LogP) is 2.08. The molecular weight excluding hydrogens is 412 g/mol. The van der Waals surface area contributed by atoms with E-state index >= 15 is 0 Å². The van der Waals surface area contributed by atoms with Crippen molar-refractivity contribution in [2.45, 2.75) is 18.4 Å². The molecule has 2 rings (SSSR count). The molecule has 10 heteroatoms. The van der Waals surface area contributed by atoms with Gasteiger partial charge in [0.15, 0.2) is 0 Å². The first-order chi connectivity index (χ1) is 14.4. The molecule has 0 bridgehead atoms. The molecule has 162 valence electrons. The second-order valence-corrected chi connectivity index (χ2v) is 7.79. The lowest BCUT2D eigenvalue weighted by molar-refractivity contribution is 0.0951. The third kappa shape index (κ3) is 7.14. The molecule has 0 heterocycles. The lowest BCUT2D eigenvalue weighted by Gasteiger charge is -2.09. The number of hydrogen-bond acceptors (Lipinski definition) is 7. The van der Waals surface area contributed by atoms with Crippen LogP contribution < -0.4 is 14.8 Å². The lowest BCUT2D eigenvalue weighted by atomic mass is 10.2. The van der Waals surface area contributed by atoms with Crippen LogP contribution in [-0.2, 0) is 26.0 Å². The van der Waals surface area contributed by atoms with Crippen LogP contribution in [-0.4, -0.2) is 47.3 Å². The molecule has 2 aromatic carbocycles. The maximum atomic E-state index is 12.3. The Labute approximate surface area is 175 Å². The van der Waals surface area contributed by atoms with Crippen molar-refractivity contribution in [2.75, 3.05) is 26.9 Å². The molecule has 0 aliphatic heterocycles. The van der Waals surface area contributed by atoms with Gasteiger partial charge in [0.05, 0.1) is 18.1 Å². The summed E-state index contributed by atoms with van der Waals surface area (Å²) >= 11 is 0. The van der Waals surface area contributed by atoms with Gasteiger partial charge < -0.3 is 19.5 Å². The van der Waals surface area contributed by atoms with E-state index in [2.05, 4.69) is 14.8 Å². The Balaban J connectivity index is 1.89. The van der Waals surface area contributed by atoms with Crippen molar-refractivity contribution < 1.29 is 32.2 Å². The van der Waals surface area contributed by atoms with Crippen molar-refractivity contribution in [2.24, 2.45) is 0 Å². The average Bonchev–Trinajstić information content (AvgIpc) is 2.73. The molecule has 0 unspecified atom stereocenters. The maximum absolute atomic E-state index is 12.3. The fourth-order valence-corrected chi connectivity index (χ4v) is 3.36. The van der Waals surface area contributed by atoms with Gasteiger partial charge in [-0.25, -0.2) is 17.9 Å². The van der Waals surface area contributed by atoms with Crippen LogP contribution in [0.5, 0.6) is 5.75 Å². The van der Waals surface area contributed by atoms with Crippen LogP contribution in [0.3, 0.4) is 0 Å². The summed E-state index contributed by atoms with van der Waals surface area (Å²) in [7, 11) is -2.11. The second-order valence-electron chi connectivity index (χ2n) is 6.03. The number of hydrogen-bond donors (Lipinski definition) is 2. The first-order valence-corrected chi connectivity index (χ1v) is 10.6. The number of carbonyl (C=O) groups is 2. The van der Waals surface area contributed by atoms with Crippen LogP contribution in [0.25, 0.3) is 0 Å². The summed E-state index contributed by atoms with van der Waals surface area (Å²) in [4.78, 5) is 23.7. The van der Waals surface area contributed by atoms with E-state index in [1.807, 2.05) is 0 Å². The van der Waals surface area contributed by atoms with E-state index in [1.165, 1.54) is 43.5 Å². The topological polar surface area (TPSA) is 120 Å². The van der Waals surface area contributed by atoms with Crippen molar-refractivity contribution in [1.29, 1.82) is 0 Å². The van der Waals surface area contributed by atoms with Crippen molar-refractivity contribution in [1.82, 2.24) is 10.0 Å². The van der Waals surface area contributed by atoms with E-state index in [0.717, 1.165) is 5.56 Å². The number of carbonyl (C=O) groups excluding carboxylic acids is 2. The van der Waals surface area contributed by atoms with Crippen molar-refractivity contribution in [3.8, 4) is 5.75 Å². The molecule has 0 aliphatic rings. The SMILES string of the molecule is CCOC(=O)Oc1ccc(C(=O)NCc2ccc(S(=O)(=O)NCCOC)cc2)cc1. The largest absolute Gasteiger partial charge is 0.513 e. The lowest BCUT2D eigenvalue weighted by Crippen LogP contribution is -2.27. The summed E-state index contributed by atoms with van der Waals surface area (Å²) in [5, 5.41) is 2.74. The number of benzene rings is 2. The zero-order valence-electron chi connectivity index (χ0n) is 16.7. The van der Waals surface area contributed by atoms with E-state index in [4.69, 9.17) is 9.47 Å². The highest BCUT2D eigenvalue weighted by Gasteiger charge is 2.13. The number of nitrogens with one attached hydrogen (secondary N) is 2. The van der Waals surface area contributed by atoms with Crippen LogP contribution in [0, 0.1) is 0 Å². The predicted molar refractivity (Wildman–Crippen MR) is 109 cm³/mol. The van der Waals surface area contributed by atoms with E-state index < -0.39 is 16.2 Å². The summed E-state index contributed by atoms with van der Waals surface area (Å²) in [5.74, 6) is -0.0588. The molecule has 30 heavy (non-hydrogen) atoms. The van der Waals surface area contributed by atoms with E-state index in [-0.39, 0.29) is 42.9 Å². The Morgan fingerprint density at radius 3 is 2.27 bits per heavy atom. The minimum atomic E-state index is -3.60. The third-order valence-corrected chi connectivity index (χ3v) is 5.34. The minimum absolute atomic E-state index is 0.130. The van der Waals surface area contributed by atoms with Gasteiger partial charge in [-0.3, -0.25) is 4.79 Å². The smallest absolute Gasteiger partial charge is 0.434 e. The van der Waals surface area contributed by atoms with Crippen LogP contribution in [0.1, 0.15) is 22.8 Å². The molecule has 0 spiro atoms. The highest BCUT2D eigenvalue weighted by Crippen LogP contribution is 2.14. The highest BCUT2D eigenvalue weighted by molar-refractivity contribution is 7.89. The standard InChI is InChI=1S/C20H24N2O7S/c1-3-28-20(24)29-17-8-6-16(7-9-17)19(23)21-14-15-4-10-18(11-5-15)30(25,26)22-12-13-27-2/h4-11,22H,3,12-14H2,1-2H3,(H,21,23). The molecule has 0 saturated heterocycles. The molecule has 0 aromatic heterocycles. The molecule has 2 N–H and O–H groups in total. The van der Waals surface area contributed by atoms with Crippen LogP contribution in [0.4, 0.5) is 4.79 Å². The summed E-state index contributed by atoms with van der Waals surface area (Å²) in [6, 6.07) is 12.2. The van der Waals surface area contributed by atoms with Crippen LogP contribution in [0.15, 0.2) is 53.4 Å². The fourth-order valence-electron chi connectivity index (χ4n) is 2.35. The van der Waals surface area contributed by atoms with Gasteiger partial charge in [0.2, 0.25) is 10.0 Å². The third-order valence-electron chi connectivity index (χ3n) is 3.86. The molecule has 0 atom stereocenters. The number of rotatable bonds is 10. The Bertz CT molecular complexity index is 942. The van der Waals surface area contributed by atoms with E-state index in [0.29, 0.717) is 5.56 Å². The van der Waals surface area contributed by atoms with Crippen LogP contribution >= 0.6 is 0 Å². The Morgan fingerprint density at radius 2 is 1.67 bits per heavy atom. The summed E-state index contributed by atoms with van der Waals surface area (Å²) < 4.78 is 41.1. The number of methoxy groups -OCH3 is 1. The van der Waals surface area contributed by atoms with E-state index in [1.54, 1.807) is 19.1 Å². The van der Waals surface area contributed by atoms with Crippen molar-refractivity contribution in [3.63, 3.8) is 0 Å². The maximum Gasteiger partial charge on any atom is 0.513 e. The normalized spacial score (nSPS) is 11.0. The van der Waals surface area contributed by atoms with Gasteiger partial charge in [-0.05, 0) is 48.9 Å². The summed E-state index contributed by atoms with van der Waals surface area (Å²) in [5.41, 5.74) is 1.12.